The van der Waals surface area contributed by atoms with Gasteiger partial charge in [0.2, 0.25) is 17.9 Å². The first-order chi connectivity index (χ1) is 9.77. The molecule has 0 aliphatic carbocycles. The van der Waals surface area contributed by atoms with Crippen LogP contribution in [0.3, 0.4) is 0 Å². The van der Waals surface area contributed by atoms with Crippen molar-refractivity contribution in [3.63, 3.8) is 0 Å². The van der Waals surface area contributed by atoms with Gasteiger partial charge in [-0.05, 0) is 13.8 Å². The van der Waals surface area contributed by atoms with Crippen molar-refractivity contribution in [3.8, 4) is 0 Å². The number of aromatic amines is 1. The zero-order valence-corrected chi connectivity index (χ0v) is 11.4. The van der Waals surface area contributed by atoms with E-state index < -0.39 is 41.2 Å². The lowest BCUT2D eigenvalue weighted by atomic mass is 10.3. The number of halogens is 1. The third-order valence-electron chi connectivity index (χ3n) is 2.40. The van der Waals surface area contributed by atoms with E-state index in [0.29, 0.717) is 10.8 Å². The normalized spacial score (nSPS) is 13.3. The fraction of sp³-hybridized carbons (Fsp3) is 0.455. The van der Waals surface area contributed by atoms with Crippen LogP contribution in [0.4, 0.5) is 4.39 Å². The first kappa shape index (κ1) is 16.6. The van der Waals surface area contributed by atoms with E-state index in [1.54, 1.807) is 4.98 Å². The maximum absolute atomic E-state index is 13.3. The van der Waals surface area contributed by atoms with Gasteiger partial charge in [0.15, 0.2) is 0 Å². The van der Waals surface area contributed by atoms with Crippen LogP contribution in [0.2, 0.25) is 0 Å². The minimum atomic E-state index is -1.64. The second-order valence-corrected chi connectivity index (χ2v) is 4.10. The molecule has 1 aromatic heterocycles. The third-order valence-corrected chi connectivity index (χ3v) is 2.40. The molecule has 4 N–H and O–H groups in total. The Labute approximate surface area is 117 Å². The molecule has 0 saturated carbocycles. The number of nitrogens with two attached hydrogens (primary N) is 1. The standard InChI is InChI=1S/C11H15FN4O5/c1-3-21-10(19)7(14-8(17)5(2)13)16-4-6(12)9(18)15-11(16)20/h4-5,7H,3,13H2,1-2H3,(H,14,17)(H,15,18,20)/t5-,7?/m0/s1. The number of hydrogen-bond acceptors (Lipinski definition) is 6. The predicted octanol–water partition coefficient (Wildman–Crippen LogP) is -1.80. The second-order valence-electron chi connectivity index (χ2n) is 4.10. The lowest BCUT2D eigenvalue weighted by molar-refractivity contribution is -0.150. The van der Waals surface area contributed by atoms with Crippen LogP contribution < -0.4 is 22.3 Å². The number of carbonyl (C=O) groups is 2. The van der Waals surface area contributed by atoms with Crippen LogP contribution >= 0.6 is 0 Å². The molecular weight excluding hydrogens is 287 g/mol. The number of nitrogens with one attached hydrogen (secondary N) is 2. The molecular formula is C11H15FN4O5. The number of aromatic nitrogens is 2. The molecule has 0 fully saturated rings. The van der Waals surface area contributed by atoms with Crippen molar-refractivity contribution in [3.05, 3.63) is 32.9 Å². The zero-order valence-electron chi connectivity index (χ0n) is 11.4. The van der Waals surface area contributed by atoms with Gasteiger partial charge in [0.05, 0.1) is 18.8 Å². The van der Waals surface area contributed by atoms with Crippen LogP contribution in [0.1, 0.15) is 20.0 Å². The van der Waals surface area contributed by atoms with E-state index in [4.69, 9.17) is 10.5 Å². The smallest absolute Gasteiger partial charge is 0.350 e. The summed E-state index contributed by atoms with van der Waals surface area (Å²) in [6.45, 7) is 2.84. The Morgan fingerprint density at radius 1 is 1.52 bits per heavy atom. The van der Waals surface area contributed by atoms with Crippen molar-refractivity contribution in [1.29, 1.82) is 0 Å². The average molecular weight is 302 g/mol. The number of ether oxygens (including phenoxy) is 1. The molecule has 0 aromatic carbocycles. The van der Waals surface area contributed by atoms with Gasteiger partial charge in [-0.1, -0.05) is 0 Å². The van der Waals surface area contributed by atoms with Crippen molar-refractivity contribution in [2.24, 2.45) is 5.73 Å². The number of hydrogen-bond donors (Lipinski definition) is 3. The maximum atomic E-state index is 13.3. The highest BCUT2D eigenvalue weighted by atomic mass is 19.1. The number of rotatable bonds is 5. The predicted molar refractivity (Wildman–Crippen MR) is 68.7 cm³/mol. The van der Waals surface area contributed by atoms with E-state index >= 15 is 0 Å². The molecule has 1 amide bonds. The maximum Gasteiger partial charge on any atom is 0.350 e. The lowest BCUT2D eigenvalue weighted by Gasteiger charge is -2.20. The number of carbonyl (C=O) groups excluding carboxylic acids is 2. The van der Waals surface area contributed by atoms with Gasteiger partial charge < -0.3 is 15.8 Å². The third kappa shape index (κ3) is 3.99. The Kier molecular flexibility index (Phi) is 5.36. The van der Waals surface area contributed by atoms with E-state index in [1.165, 1.54) is 13.8 Å². The molecule has 0 aliphatic heterocycles. The monoisotopic (exact) mass is 302 g/mol. The number of amides is 1. The molecule has 1 unspecified atom stereocenters. The molecule has 0 bridgehead atoms. The van der Waals surface area contributed by atoms with E-state index in [2.05, 4.69) is 5.32 Å². The van der Waals surface area contributed by atoms with E-state index in [1.807, 2.05) is 0 Å². The molecule has 116 valence electrons. The fourth-order valence-corrected chi connectivity index (χ4v) is 1.38. The summed E-state index contributed by atoms with van der Waals surface area (Å²) in [5.41, 5.74) is 3.03. The summed E-state index contributed by atoms with van der Waals surface area (Å²) in [5, 5.41) is 2.14. The van der Waals surface area contributed by atoms with Gasteiger partial charge in [0.1, 0.15) is 0 Å². The van der Waals surface area contributed by atoms with Gasteiger partial charge in [-0.2, -0.15) is 4.39 Å². The number of esters is 1. The van der Waals surface area contributed by atoms with Crippen molar-refractivity contribution >= 4 is 11.9 Å². The highest BCUT2D eigenvalue weighted by Gasteiger charge is 2.27. The fourth-order valence-electron chi connectivity index (χ4n) is 1.38. The molecule has 0 aliphatic rings. The molecule has 0 spiro atoms. The molecule has 0 radical (unpaired) electrons. The van der Waals surface area contributed by atoms with Gasteiger partial charge in [-0.25, -0.2) is 9.59 Å². The first-order valence-electron chi connectivity index (χ1n) is 6.01. The molecule has 2 atom stereocenters. The Hall–Kier alpha value is -2.49. The summed E-state index contributed by atoms with van der Waals surface area (Å²) >= 11 is 0. The minimum Gasteiger partial charge on any atom is -0.463 e. The van der Waals surface area contributed by atoms with Crippen LogP contribution in [0.25, 0.3) is 0 Å². The van der Waals surface area contributed by atoms with Crippen molar-refractivity contribution in [1.82, 2.24) is 14.9 Å². The Bertz CT molecular complexity index is 651. The van der Waals surface area contributed by atoms with Gasteiger partial charge in [-0.3, -0.25) is 19.1 Å². The van der Waals surface area contributed by atoms with E-state index in [-0.39, 0.29) is 6.61 Å². The molecule has 21 heavy (non-hydrogen) atoms. The van der Waals surface area contributed by atoms with Crippen molar-refractivity contribution in [2.45, 2.75) is 26.1 Å². The molecule has 1 aromatic rings. The molecule has 9 nitrogen and oxygen atoms in total. The summed E-state index contributed by atoms with van der Waals surface area (Å²) in [4.78, 5) is 47.7. The van der Waals surface area contributed by atoms with Crippen LogP contribution in [-0.4, -0.2) is 34.1 Å². The summed E-state index contributed by atoms with van der Waals surface area (Å²) in [5.74, 6) is -3.05. The van der Waals surface area contributed by atoms with Gasteiger partial charge in [-0.15, -0.1) is 0 Å². The van der Waals surface area contributed by atoms with Crippen LogP contribution in [0.15, 0.2) is 15.8 Å². The van der Waals surface area contributed by atoms with Crippen LogP contribution in [-0.2, 0) is 14.3 Å². The summed E-state index contributed by atoms with van der Waals surface area (Å²) in [7, 11) is 0. The van der Waals surface area contributed by atoms with E-state index in [9.17, 15) is 23.6 Å². The second kappa shape index (κ2) is 6.79. The quantitative estimate of drug-likeness (QED) is 0.549. The number of H-pyrrole nitrogens is 1. The molecule has 1 rings (SSSR count). The molecule has 1 heterocycles. The molecule has 10 heteroatoms. The van der Waals surface area contributed by atoms with Crippen molar-refractivity contribution < 1.29 is 18.7 Å². The van der Waals surface area contributed by atoms with Crippen LogP contribution in [0, 0.1) is 5.82 Å². The van der Waals surface area contributed by atoms with E-state index in [0.717, 1.165) is 0 Å². The van der Waals surface area contributed by atoms with Crippen LogP contribution in [0.5, 0.6) is 0 Å². The zero-order chi connectivity index (χ0) is 16.2. The SMILES string of the molecule is CCOC(=O)C(NC(=O)[C@H](C)N)n1cc(F)c(=O)[nH]c1=O. The van der Waals surface area contributed by atoms with Gasteiger partial charge >= 0.3 is 11.7 Å². The minimum absolute atomic E-state index is 0.0238. The largest absolute Gasteiger partial charge is 0.463 e. The summed E-state index contributed by atoms with van der Waals surface area (Å²) < 4.78 is 18.5. The molecule has 0 saturated heterocycles. The summed E-state index contributed by atoms with van der Waals surface area (Å²) in [6.07, 6.45) is -1.13. The number of nitrogens with zero attached hydrogens (tertiary/aromatic N) is 1. The van der Waals surface area contributed by atoms with Crippen molar-refractivity contribution in [2.75, 3.05) is 6.61 Å². The summed E-state index contributed by atoms with van der Waals surface area (Å²) in [6, 6.07) is -0.967. The first-order valence-corrected chi connectivity index (χ1v) is 6.01. The Morgan fingerprint density at radius 3 is 2.67 bits per heavy atom. The Morgan fingerprint density at radius 2 is 2.14 bits per heavy atom. The lowest BCUT2D eigenvalue weighted by Crippen LogP contribution is -2.49. The highest BCUT2D eigenvalue weighted by Crippen LogP contribution is 2.03. The highest BCUT2D eigenvalue weighted by molar-refractivity contribution is 5.86. The Balaban J connectivity index is 3.27. The topological polar surface area (TPSA) is 136 Å². The van der Waals surface area contributed by atoms with Gasteiger partial charge in [0.25, 0.3) is 5.56 Å². The van der Waals surface area contributed by atoms with Gasteiger partial charge in [0, 0.05) is 0 Å². The average Bonchev–Trinajstić information content (AvgIpc) is 2.40.